The van der Waals surface area contributed by atoms with Gasteiger partial charge in [0.15, 0.2) is 12.5 Å². The molecule has 0 atom stereocenters. The molecule has 4 rings (SSSR count). The second kappa shape index (κ2) is 7.39. The van der Waals surface area contributed by atoms with Gasteiger partial charge in [0.1, 0.15) is 26.2 Å². The smallest absolute Gasteiger partial charge is 0.274 e. The van der Waals surface area contributed by atoms with Gasteiger partial charge in [-0.25, -0.2) is 9.67 Å². The van der Waals surface area contributed by atoms with Crippen LogP contribution in [0.1, 0.15) is 5.56 Å². The van der Waals surface area contributed by atoms with Crippen molar-refractivity contribution in [2.75, 3.05) is 31.1 Å². The van der Waals surface area contributed by atoms with Crippen LogP contribution in [-0.4, -0.2) is 40.9 Å². The molecule has 3 aromatic rings. The SMILES string of the molecule is Cc1ccc(-c2nc(=S)n(C[NH+]3CCN(c4cccc[nH+]4)CC3)[nH]2)cc1. The summed E-state index contributed by atoms with van der Waals surface area (Å²) < 4.78 is 2.61. The van der Waals surface area contributed by atoms with E-state index in [0.717, 1.165) is 44.2 Å². The monoisotopic (exact) mass is 368 g/mol. The number of aryl methyl sites for hydroxylation is 1. The maximum Gasteiger partial charge on any atom is 0.274 e. The highest BCUT2D eigenvalue weighted by molar-refractivity contribution is 7.71. The Kier molecular flexibility index (Phi) is 4.81. The second-order valence-corrected chi connectivity index (χ2v) is 7.16. The van der Waals surface area contributed by atoms with Gasteiger partial charge in [-0.3, -0.25) is 10.00 Å². The van der Waals surface area contributed by atoms with Crippen LogP contribution < -0.4 is 14.8 Å². The molecule has 3 heterocycles. The van der Waals surface area contributed by atoms with Gasteiger partial charge in [0, 0.05) is 11.6 Å². The number of pyridine rings is 1. The first-order valence-electron chi connectivity index (χ1n) is 8.98. The summed E-state index contributed by atoms with van der Waals surface area (Å²) in [6.07, 6.45) is 1.98. The van der Waals surface area contributed by atoms with Gasteiger partial charge in [-0.2, -0.15) is 4.98 Å². The number of rotatable bonds is 4. The molecule has 2 aromatic heterocycles. The molecule has 1 aliphatic rings. The first kappa shape index (κ1) is 16.9. The van der Waals surface area contributed by atoms with E-state index < -0.39 is 0 Å². The number of anilines is 1. The molecule has 3 N–H and O–H groups in total. The molecule has 0 aliphatic carbocycles. The quantitative estimate of drug-likeness (QED) is 0.678. The van der Waals surface area contributed by atoms with E-state index >= 15 is 0 Å². The highest BCUT2D eigenvalue weighted by atomic mass is 32.1. The number of hydrogen-bond acceptors (Lipinski definition) is 3. The van der Waals surface area contributed by atoms with Crippen molar-refractivity contribution in [1.82, 2.24) is 14.8 Å². The standard InChI is InChI=1S/C19H22N6S/c1-15-5-7-16(8-6-15)18-21-19(26)25(22-18)14-23-10-12-24(13-11-23)17-4-2-3-9-20-17/h2-9H,10-14H2,1H3,(H,21,22,26)/p+2. The highest BCUT2D eigenvalue weighted by Crippen LogP contribution is 2.15. The zero-order valence-corrected chi connectivity index (χ0v) is 15.7. The predicted molar refractivity (Wildman–Crippen MR) is 103 cm³/mol. The molecule has 26 heavy (non-hydrogen) atoms. The molecule has 1 aliphatic heterocycles. The molecule has 0 saturated carbocycles. The number of aromatic nitrogens is 4. The summed E-state index contributed by atoms with van der Waals surface area (Å²) in [4.78, 5) is 11.8. The van der Waals surface area contributed by atoms with Crippen molar-refractivity contribution in [3.8, 4) is 11.4 Å². The van der Waals surface area contributed by atoms with Crippen molar-refractivity contribution in [3.05, 3.63) is 59.0 Å². The lowest BCUT2D eigenvalue weighted by Crippen LogP contribution is -3.14. The number of H-pyrrole nitrogens is 2. The molecular formula is C19H24N6S+2. The Morgan fingerprint density at radius 3 is 2.62 bits per heavy atom. The van der Waals surface area contributed by atoms with E-state index in [-0.39, 0.29) is 0 Å². The van der Waals surface area contributed by atoms with Crippen molar-refractivity contribution in [2.45, 2.75) is 13.6 Å². The number of hydrogen-bond donors (Lipinski definition) is 2. The molecule has 0 unspecified atom stereocenters. The van der Waals surface area contributed by atoms with E-state index in [1.54, 1.807) is 0 Å². The van der Waals surface area contributed by atoms with Crippen LogP contribution >= 0.6 is 12.2 Å². The Morgan fingerprint density at radius 2 is 1.92 bits per heavy atom. The first-order valence-corrected chi connectivity index (χ1v) is 9.39. The summed E-state index contributed by atoms with van der Waals surface area (Å²) in [6.45, 7) is 7.11. The van der Waals surface area contributed by atoms with Crippen molar-refractivity contribution in [1.29, 1.82) is 0 Å². The lowest BCUT2D eigenvalue weighted by molar-refractivity contribution is -0.924. The van der Waals surface area contributed by atoms with Crippen LogP contribution in [0.3, 0.4) is 0 Å². The van der Waals surface area contributed by atoms with Crippen LogP contribution in [-0.2, 0) is 6.67 Å². The largest absolute Gasteiger partial charge is 0.310 e. The fraction of sp³-hybridized carbons (Fsp3) is 0.316. The zero-order chi connectivity index (χ0) is 17.9. The summed E-state index contributed by atoms with van der Waals surface area (Å²) in [7, 11) is 0. The van der Waals surface area contributed by atoms with E-state index in [9.17, 15) is 0 Å². The minimum Gasteiger partial charge on any atom is -0.310 e. The molecule has 0 amide bonds. The Hall–Kier alpha value is -2.51. The van der Waals surface area contributed by atoms with Crippen LogP contribution in [0.4, 0.5) is 5.82 Å². The van der Waals surface area contributed by atoms with Crippen LogP contribution in [0, 0.1) is 11.7 Å². The highest BCUT2D eigenvalue weighted by Gasteiger charge is 2.26. The maximum atomic E-state index is 5.46. The zero-order valence-electron chi connectivity index (χ0n) is 14.9. The number of nitrogens with zero attached hydrogens (tertiary/aromatic N) is 3. The van der Waals surface area contributed by atoms with E-state index in [1.807, 2.05) is 16.9 Å². The van der Waals surface area contributed by atoms with Gasteiger partial charge in [0.25, 0.3) is 5.82 Å². The van der Waals surface area contributed by atoms with Gasteiger partial charge in [-0.15, -0.1) is 0 Å². The average Bonchev–Trinajstić information content (AvgIpc) is 3.04. The third-order valence-corrected chi connectivity index (χ3v) is 5.20. The molecule has 6 nitrogen and oxygen atoms in total. The van der Waals surface area contributed by atoms with E-state index in [1.165, 1.54) is 16.3 Å². The fourth-order valence-electron chi connectivity index (χ4n) is 3.33. The molecule has 0 bridgehead atoms. The minimum absolute atomic E-state index is 0.617. The summed E-state index contributed by atoms with van der Waals surface area (Å²) in [5.41, 5.74) is 2.31. The van der Waals surface area contributed by atoms with Crippen LogP contribution in [0.2, 0.25) is 0 Å². The normalized spacial score (nSPS) is 15.3. The van der Waals surface area contributed by atoms with Gasteiger partial charge in [0.05, 0.1) is 6.20 Å². The number of aromatic amines is 2. The maximum absolute atomic E-state index is 5.46. The van der Waals surface area contributed by atoms with Crippen LogP contribution in [0.5, 0.6) is 0 Å². The van der Waals surface area contributed by atoms with Crippen LogP contribution in [0.15, 0.2) is 48.7 Å². The third kappa shape index (κ3) is 3.68. The summed E-state index contributed by atoms with van der Waals surface area (Å²) in [6, 6.07) is 14.6. The van der Waals surface area contributed by atoms with Crippen molar-refractivity contribution in [3.63, 3.8) is 0 Å². The van der Waals surface area contributed by atoms with Crippen LogP contribution in [0.25, 0.3) is 11.4 Å². The van der Waals surface area contributed by atoms with E-state index in [0.29, 0.717) is 4.77 Å². The minimum atomic E-state index is 0.617. The molecule has 1 fully saturated rings. The van der Waals surface area contributed by atoms with E-state index in [2.05, 4.69) is 63.3 Å². The lowest BCUT2D eigenvalue weighted by atomic mass is 10.1. The molecule has 0 spiro atoms. The van der Waals surface area contributed by atoms with Gasteiger partial charge in [0.2, 0.25) is 4.77 Å². The number of benzene rings is 1. The van der Waals surface area contributed by atoms with Gasteiger partial charge < -0.3 is 4.90 Å². The molecule has 134 valence electrons. The summed E-state index contributed by atoms with van der Waals surface area (Å²) in [5.74, 6) is 2.03. The molecule has 0 radical (unpaired) electrons. The molecule has 1 saturated heterocycles. The topological polar surface area (TPSA) is 55.4 Å². The second-order valence-electron chi connectivity index (χ2n) is 6.79. The summed E-state index contributed by atoms with van der Waals surface area (Å²) >= 11 is 5.46. The Morgan fingerprint density at radius 1 is 1.15 bits per heavy atom. The molecule has 7 heteroatoms. The van der Waals surface area contributed by atoms with Crippen molar-refractivity contribution >= 4 is 18.0 Å². The Bertz CT molecular complexity index is 907. The lowest BCUT2D eigenvalue weighted by Gasteiger charge is -2.28. The van der Waals surface area contributed by atoms with Crippen molar-refractivity contribution < 1.29 is 9.88 Å². The van der Waals surface area contributed by atoms with Gasteiger partial charge in [-0.05, 0) is 25.2 Å². The Balaban J connectivity index is 1.41. The first-order chi connectivity index (χ1) is 12.7. The average molecular weight is 369 g/mol. The number of nitrogens with one attached hydrogen (secondary N) is 3. The summed E-state index contributed by atoms with van der Waals surface area (Å²) in [5, 5.41) is 3.37. The van der Waals surface area contributed by atoms with Gasteiger partial charge >= 0.3 is 0 Å². The third-order valence-electron chi connectivity index (χ3n) is 4.89. The molecule has 1 aromatic carbocycles. The number of piperazine rings is 1. The number of quaternary nitrogens is 1. The van der Waals surface area contributed by atoms with Gasteiger partial charge in [-0.1, -0.05) is 35.9 Å². The van der Waals surface area contributed by atoms with Crippen molar-refractivity contribution in [2.24, 2.45) is 0 Å². The Labute approximate surface area is 158 Å². The predicted octanol–water partition coefficient (Wildman–Crippen LogP) is 1.09. The molecular weight excluding hydrogens is 344 g/mol. The van der Waals surface area contributed by atoms with E-state index in [4.69, 9.17) is 12.2 Å². The fourth-order valence-corrected chi connectivity index (χ4v) is 3.53.